The Kier molecular flexibility index (Phi) is 6.68. The second kappa shape index (κ2) is 10.1. The molecule has 196 valence electrons. The zero-order chi connectivity index (χ0) is 26.9. The number of imide groups is 1. The number of likely N-dealkylation sites (tertiary alicyclic amines) is 1. The lowest BCUT2D eigenvalue weighted by atomic mass is 9.98. The number of nitrogens with zero attached hydrogens (tertiary/aromatic N) is 3. The molecule has 2 atom stereocenters. The highest BCUT2D eigenvalue weighted by Gasteiger charge is 2.48. The molecule has 0 saturated carbocycles. The zero-order valence-corrected chi connectivity index (χ0v) is 21.3. The van der Waals surface area contributed by atoms with Gasteiger partial charge in [-0.3, -0.25) is 14.9 Å². The van der Waals surface area contributed by atoms with Gasteiger partial charge in [0.25, 0.3) is 11.8 Å². The van der Waals surface area contributed by atoms with E-state index in [0.29, 0.717) is 22.7 Å². The first kappa shape index (κ1) is 25.1. The maximum Gasteiger partial charge on any atom is 0.323 e. The summed E-state index contributed by atoms with van der Waals surface area (Å²) in [5.74, 6) is 6.10. The molecule has 5 rings (SSSR count). The van der Waals surface area contributed by atoms with Gasteiger partial charge in [0.05, 0.1) is 13.7 Å². The van der Waals surface area contributed by atoms with Crippen LogP contribution in [0.1, 0.15) is 53.2 Å². The molecule has 3 aliphatic heterocycles. The summed E-state index contributed by atoms with van der Waals surface area (Å²) >= 11 is 0. The average Bonchev–Trinajstić information content (AvgIpc) is 3.38. The Labute approximate surface area is 220 Å². The predicted molar refractivity (Wildman–Crippen MR) is 139 cm³/mol. The first-order chi connectivity index (χ1) is 18.3. The van der Waals surface area contributed by atoms with Crippen molar-refractivity contribution >= 4 is 23.7 Å². The lowest BCUT2D eigenvalue weighted by molar-refractivity contribution is -0.122. The third-order valence-electron chi connectivity index (χ3n) is 7.30. The van der Waals surface area contributed by atoms with Crippen LogP contribution in [0.3, 0.4) is 0 Å². The molecule has 2 aromatic carbocycles. The van der Waals surface area contributed by atoms with Gasteiger partial charge < -0.3 is 25.1 Å². The molecule has 3 heterocycles. The lowest BCUT2D eigenvalue weighted by Crippen LogP contribution is -2.54. The number of amidine groups is 1. The highest BCUT2D eigenvalue weighted by molar-refractivity contribution is 6.10. The molecule has 0 aromatic heterocycles. The van der Waals surface area contributed by atoms with E-state index in [9.17, 15) is 19.6 Å². The van der Waals surface area contributed by atoms with Gasteiger partial charge in [0, 0.05) is 35.8 Å². The molecule has 2 aromatic rings. The Morgan fingerprint density at radius 1 is 1.18 bits per heavy atom. The number of amides is 4. The number of carbonyl (C=O) groups is 3. The van der Waals surface area contributed by atoms with E-state index in [-0.39, 0.29) is 25.0 Å². The fourth-order valence-corrected chi connectivity index (χ4v) is 5.19. The molecule has 0 aliphatic carbocycles. The summed E-state index contributed by atoms with van der Waals surface area (Å²) in [6, 6.07) is 12.0. The SMILES string of the molecule is COc1ccc2c(c1)C(=O)N(C[C@@]1(C#Cc3ccc(C(=NO)N4CCCC[C@@H]4C)cc3)NC(=O)NC1=O)C2. The number of hydrogen-bond donors (Lipinski definition) is 3. The van der Waals surface area contributed by atoms with Gasteiger partial charge >= 0.3 is 6.03 Å². The number of piperidine rings is 1. The van der Waals surface area contributed by atoms with E-state index in [1.54, 1.807) is 24.3 Å². The van der Waals surface area contributed by atoms with Crippen molar-refractivity contribution < 1.29 is 24.3 Å². The van der Waals surface area contributed by atoms with E-state index in [4.69, 9.17) is 4.74 Å². The maximum absolute atomic E-state index is 13.1. The predicted octanol–water partition coefficient (Wildman–Crippen LogP) is 2.29. The molecule has 0 radical (unpaired) electrons. The van der Waals surface area contributed by atoms with E-state index in [1.807, 2.05) is 18.2 Å². The largest absolute Gasteiger partial charge is 0.497 e. The number of carbonyl (C=O) groups excluding carboxylic acids is 3. The highest BCUT2D eigenvalue weighted by Crippen LogP contribution is 2.28. The van der Waals surface area contributed by atoms with Crippen LogP contribution in [-0.2, 0) is 11.3 Å². The van der Waals surface area contributed by atoms with Crippen molar-refractivity contribution in [1.82, 2.24) is 20.4 Å². The average molecular weight is 516 g/mol. The van der Waals surface area contributed by atoms with Crippen LogP contribution in [0.4, 0.5) is 4.79 Å². The fourth-order valence-electron chi connectivity index (χ4n) is 5.19. The lowest BCUT2D eigenvalue weighted by Gasteiger charge is -2.35. The van der Waals surface area contributed by atoms with E-state index < -0.39 is 17.5 Å². The van der Waals surface area contributed by atoms with Crippen molar-refractivity contribution in [3.8, 4) is 17.6 Å². The van der Waals surface area contributed by atoms with Crippen molar-refractivity contribution in [2.75, 3.05) is 20.2 Å². The summed E-state index contributed by atoms with van der Waals surface area (Å²) in [4.78, 5) is 41.6. The third kappa shape index (κ3) is 4.63. The van der Waals surface area contributed by atoms with Crippen molar-refractivity contribution in [1.29, 1.82) is 0 Å². The van der Waals surface area contributed by atoms with Crippen LogP contribution in [0.5, 0.6) is 5.75 Å². The first-order valence-corrected chi connectivity index (χ1v) is 12.6. The molecular weight excluding hydrogens is 486 g/mol. The van der Waals surface area contributed by atoms with Crippen molar-refractivity contribution in [2.45, 2.75) is 44.3 Å². The molecule has 4 amide bonds. The number of fused-ring (bicyclic) bond motifs is 1. The fraction of sp³-hybridized carbons (Fsp3) is 0.357. The molecule has 2 fully saturated rings. The summed E-state index contributed by atoms with van der Waals surface area (Å²) in [5.41, 5.74) is 1.07. The standard InChI is InChI=1S/C28H29N5O5/c1-18-5-3-4-14-33(18)24(31-37)20-8-6-19(7-9-20)12-13-28(26(35)29-27(36)30-28)17-32-16-21-10-11-22(38-2)15-23(21)25(32)34/h6-11,15,18,37H,3-5,14,16-17H2,1-2H3,(H2,29,30,35,36)/t18-,28+/m0/s1. The van der Waals surface area contributed by atoms with Gasteiger partial charge in [0.15, 0.2) is 5.84 Å². The molecule has 0 spiro atoms. The van der Waals surface area contributed by atoms with Gasteiger partial charge in [-0.05, 0) is 68.1 Å². The van der Waals surface area contributed by atoms with Crippen molar-refractivity contribution in [2.24, 2.45) is 5.16 Å². The Hall–Kier alpha value is -4.52. The van der Waals surface area contributed by atoms with Crippen LogP contribution in [0.15, 0.2) is 47.6 Å². The normalized spacial score (nSPS) is 22.9. The van der Waals surface area contributed by atoms with E-state index in [1.165, 1.54) is 12.0 Å². The monoisotopic (exact) mass is 515 g/mol. The Morgan fingerprint density at radius 3 is 2.63 bits per heavy atom. The molecule has 3 N–H and O–H groups in total. The number of nitrogens with one attached hydrogen (secondary N) is 2. The van der Waals surface area contributed by atoms with Crippen LogP contribution in [0.2, 0.25) is 0 Å². The van der Waals surface area contributed by atoms with E-state index in [0.717, 1.165) is 36.9 Å². The Balaban J connectivity index is 1.38. The number of ether oxygens (including phenoxy) is 1. The molecule has 10 heteroatoms. The summed E-state index contributed by atoms with van der Waals surface area (Å²) in [6.45, 7) is 3.12. The van der Waals surface area contributed by atoms with Crippen LogP contribution in [0, 0.1) is 11.8 Å². The smallest absolute Gasteiger partial charge is 0.323 e. The number of rotatable bonds is 4. The Bertz CT molecular complexity index is 1380. The number of benzene rings is 2. The highest BCUT2D eigenvalue weighted by atomic mass is 16.5. The van der Waals surface area contributed by atoms with Crippen molar-refractivity contribution in [3.05, 3.63) is 64.7 Å². The van der Waals surface area contributed by atoms with Gasteiger partial charge in [-0.15, -0.1) is 0 Å². The van der Waals surface area contributed by atoms with Crippen LogP contribution in [0.25, 0.3) is 0 Å². The molecule has 0 bridgehead atoms. The topological polar surface area (TPSA) is 124 Å². The second-order valence-corrected chi connectivity index (χ2v) is 9.79. The maximum atomic E-state index is 13.1. The van der Waals surface area contributed by atoms with E-state index >= 15 is 0 Å². The molecule has 2 saturated heterocycles. The second-order valence-electron chi connectivity index (χ2n) is 9.79. The summed E-state index contributed by atoms with van der Waals surface area (Å²) in [5, 5.41) is 18.1. The minimum absolute atomic E-state index is 0.111. The van der Waals surface area contributed by atoms with Crippen LogP contribution < -0.4 is 15.4 Å². The van der Waals surface area contributed by atoms with Crippen LogP contribution >= 0.6 is 0 Å². The molecule has 0 unspecified atom stereocenters. The summed E-state index contributed by atoms with van der Waals surface area (Å²) in [6.07, 6.45) is 3.23. The van der Waals surface area contributed by atoms with Gasteiger partial charge in [-0.1, -0.05) is 23.1 Å². The van der Waals surface area contributed by atoms with Crippen molar-refractivity contribution in [3.63, 3.8) is 0 Å². The minimum atomic E-state index is -1.60. The van der Waals surface area contributed by atoms with Gasteiger partial charge in [0.1, 0.15) is 5.75 Å². The number of hydrogen-bond acceptors (Lipinski definition) is 6. The van der Waals surface area contributed by atoms with Crippen LogP contribution in [-0.4, -0.2) is 70.5 Å². The summed E-state index contributed by atoms with van der Waals surface area (Å²) < 4.78 is 5.23. The number of urea groups is 1. The minimum Gasteiger partial charge on any atom is -0.497 e. The van der Waals surface area contributed by atoms with Gasteiger partial charge in [0.2, 0.25) is 5.54 Å². The number of methoxy groups -OCH3 is 1. The summed E-state index contributed by atoms with van der Waals surface area (Å²) in [7, 11) is 1.53. The van der Waals surface area contributed by atoms with Gasteiger partial charge in [-0.25, -0.2) is 4.79 Å². The quantitative estimate of drug-likeness (QED) is 0.143. The number of oxime groups is 1. The third-order valence-corrected chi connectivity index (χ3v) is 7.30. The molecule has 3 aliphatic rings. The van der Waals surface area contributed by atoms with Gasteiger partial charge in [-0.2, -0.15) is 0 Å². The molecular formula is C28H29N5O5. The zero-order valence-electron chi connectivity index (χ0n) is 21.3. The Morgan fingerprint density at radius 2 is 1.97 bits per heavy atom. The first-order valence-electron chi connectivity index (χ1n) is 12.6. The van der Waals surface area contributed by atoms with E-state index in [2.05, 4.69) is 39.5 Å². The molecule has 10 nitrogen and oxygen atoms in total. The molecule has 38 heavy (non-hydrogen) atoms.